The summed E-state index contributed by atoms with van der Waals surface area (Å²) in [5.74, 6) is 0. The Labute approximate surface area is 64.1 Å². The minimum atomic E-state index is 0.987. The van der Waals surface area contributed by atoms with Crippen LogP contribution in [0.25, 0.3) is 0 Å². The van der Waals surface area contributed by atoms with Gasteiger partial charge in [0.2, 0.25) is 0 Å². The van der Waals surface area contributed by atoms with E-state index in [9.17, 15) is 0 Å². The largest absolute Gasteiger partial charge is 0.122 e. The zero-order chi connectivity index (χ0) is 6.95. The molecule has 0 fully saturated rings. The smallest absolute Gasteiger partial charge is 0.0600 e. The lowest BCUT2D eigenvalue weighted by Crippen LogP contribution is -2.20. The Morgan fingerprint density at radius 1 is 1.22 bits per heavy atom. The first kappa shape index (κ1) is 9.45. The van der Waals surface area contributed by atoms with Gasteiger partial charge in [-0.1, -0.05) is 6.82 Å². The molecule has 0 saturated carbocycles. The summed E-state index contributed by atoms with van der Waals surface area (Å²) < 4.78 is 0. The van der Waals surface area contributed by atoms with Crippen molar-refractivity contribution in [2.45, 2.75) is 13.0 Å². The molecule has 7 heteroatoms. The maximum absolute atomic E-state index is 5.09. The van der Waals surface area contributed by atoms with Crippen LogP contribution in [0.4, 0.5) is 0 Å². The molecule has 0 amide bonds. The first-order valence-electron chi connectivity index (χ1n) is 3.06. The molecule has 0 aromatic heterocycles. The van der Waals surface area contributed by atoms with Crippen LogP contribution in [0.15, 0.2) is 0 Å². The van der Waals surface area contributed by atoms with Gasteiger partial charge in [-0.05, 0) is 0 Å². The molecule has 0 aromatic rings. The van der Waals surface area contributed by atoms with Gasteiger partial charge in [-0.3, -0.25) is 0 Å². The molecular formula is C2H5B7. The molecular weight excluding hydrogens is 99.7 g/mol. The number of hydrogen-bond acceptors (Lipinski definition) is 0. The molecule has 0 rings (SSSR count). The molecule has 9 heavy (non-hydrogen) atoms. The summed E-state index contributed by atoms with van der Waals surface area (Å²) >= 11 is 0. The summed E-state index contributed by atoms with van der Waals surface area (Å²) in [7, 11) is 16.5. The Bertz CT molecular complexity index is 40.2. The zero-order valence-corrected chi connectivity index (χ0v) is 5.75. The van der Waals surface area contributed by atoms with Gasteiger partial charge in [0.25, 0.3) is 0 Å². The van der Waals surface area contributed by atoms with Crippen molar-refractivity contribution in [2.75, 3.05) is 0 Å². The van der Waals surface area contributed by atoms with Crippen molar-refractivity contribution in [3.05, 3.63) is 0 Å². The Morgan fingerprint density at radius 3 is 2.56 bits per heavy atom. The minimum Gasteiger partial charge on any atom is -0.122 e. The van der Waals surface area contributed by atoms with Gasteiger partial charge in [0.15, 0.2) is 0 Å². The van der Waals surface area contributed by atoms with Gasteiger partial charge < -0.3 is 0 Å². The van der Waals surface area contributed by atoms with E-state index in [1.807, 2.05) is 35.3 Å². The fraction of sp³-hybridized carbons (Fsp3) is 1.00. The molecule has 0 N–H and O–H groups in total. The molecule has 0 aliphatic rings. The van der Waals surface area contributed by atoms with Gasteiger partial charge in [-0.2, -0.15) is 0 Å². The van der Waals surface area contributed by atoms with Crippen LogP contribution < -0.4 is 0 Å². The third-order valence-corrected chi connectivity index (χ3v) is 0.866. The second-order valence-electron chi connectivity index (χ2n) is 1.62. The highest BCUT2D eigenvalue weighted by atomic mass is 13.2. The first-order valence-corrected chi connectivity index (χ1v) is 3.06. The zero-order valence-electron chi connectivity index (χ0n) is 5.75. The molecule has 34 valence electrons. The second kappa shape index (κ2) is 8.45. The van der Waals surface area contributed by atoms with Crippen molar-refractivity contribution >= 4 is 50.4 Å². The summed E-state index contributed by atoms with van der Waals surface area (Å²) in [5, 5.41) is 0. The summed E-state index contributed by atoms with van der Waals surface area (Å²) in [6.07, 6.45) is 0.987. The van der Waals surface area contributed by atoms with E-state index in [2.05, 4.69) is 7.17 Å². The van der Waals surface area contributed by atoms with E-state index < -0.39 is 0 Å². The Hall–Kier alpha value is 0.455. The highest BCUT2D eigenvalue weighted by Gasteiger charge is 1.91. The quantitative estimate of drug-likeness (QED) is 0.281. The van der Waals surface area contributed by atoms with Crippen LogP contribution in [0.5, 0.6) is 0 Å². The van der Waals surface area contributed by atoms with E-state index in [1.165, 1.54) is 7.06 Å². The van der Waals surface area contributed by atoms with Crippen molar-refractivity contribution in [3.63, 3.8) is 0 Å². The van der Waals surface area contributed by atoms with Crippen molar-refractivity contribution < 1.29 is 0 Å². The molecule has 0 nitrogen and oxygen atoms in total. The molecule has 0 aliphatic carbocycles. The molecule has 8 radical (unpaired) electrons. The van der Waals surface area contributed by atoms with E-state index in [4.69, 9.17) is 7.74 Å². The van der Waals surface area contributed by atoms with Gasteiger partial charge in [-0.15, -0.1) is 6.22 Å². The van der Waals surface area contributed by atoms with Crippen LogP contribution in [0.3, 0.4) is 0 Å². The number of rotatable bonds is 6. The minimum absolute atomic E-state index is 0.987. The highest BCUT2D eigenvalue weighted by molar-refractivity contribution is 7.51. The molecule has 0 atom stereocenters. The van der Waals surface area contributed by atoms with Gasteiger partial charge in [-0.25, -0.2) is 0 Å². The fourth-order valence-electron chi connectivity index (χ4n) is 0.436. The van der Waals surface area contributed by atoms with Crippen LogP contribution in [0.1, 0.15) is 0 Å². The molecule has 0 heterocycles. The van der Waals surface area contributed by atoms with Crippen molar-refractivity contribution in [1.82, 2.24) is 0 Å². The summed E-state index contributed by atoms with van der Waals surface area (Å²) in [4.78, 5) is 0. The van der Waals surface area contributed by atoms with Crippen molar-refractivity contribution in [3.8, 4) is 0 Å². The lowest BCUT2D eigenvalue weighted by atomic mass is 9.02. The maximum Gasteiger partial charge on any atom is 0.0600 e. The van der Waals surface area contributed by atoms with Crippen molar-refractivity contribution in [1.29, 1.82) is 0 Å². The fourth-order valence-corrected chi connectivity index (χ4v) is 0.436. The number of hydrogen-bond donors (Lipinski definition) is 0. The average Bonchev–Trinajstić information content (AvgIpc) is 1.89. The van der Waals surface area contributed by atoms with Crippen LogP contribution in [-0.4, -0.2) is 50.4 Å². The van der Waals surface area contributed by atoms with E-state index in [1.54, 1.807) is 0 Å². The summed E-state index contributed by atoms with van der Waals surface area (Å²) in [6, 6.07) is 0. The SMILES string of the molecule is [B][B][B][B][B]C[B][B]C. The Kier molecular flexibility index (Phi) is 8.88. The highest BCUT2D eigenvalue weighted by Crippen LogP contribution is 1.70. The third-order valence-electron chi connectivity index (χ3n) is 0.866. The van der Waals surface area contributed by atoms with E-state index >= 15 is 0 Å². The third kappa shape index (κ3) is 8.45. The molecule has 0 spiro atoms. The molecule has 0 aliphatic heterocycles. The predicted molar refractivity (Wildman–Crippen MR) is 50.9 cm³/mol. The molecule has 0 aromatic carbocycles. The average molecular weight is 105 g/mol. The lowest BCUT2D eigenvalue weighted by molar-refractivity contribution is 2.08. The second-order valence-corrected chi connectivity index (χ2v) is 1.62. The first-order chi connectivity index (χ1) is 4.41. The van der Waals surface area contributed by atoms with Crippen LogP contribution in [0, 0.1) is 0 Å². The van der Waals surface area contributed by atoms with E-state index in [0.29, 0.717) is 0 Å². The van der Waals surface area contributed by atoms with Gasteiger partial charge in [0, 0.05) is 36.1 Å². The summed E-state index contributed by atoms with van der Waals surface area (Å²) in [6.45, 7) is 2.01. The van der Waals surface area contributed by atoms with Crippen molar-refractivity contribution in [2.24, 2.45) is 0 Å². The van der Waals surface area contributed by atoms with Gasteiger partial charge >= 0.3 is 0 Å². The molecule has 0 saturated heterocycles. The van der Waals surface area contributed by atoms with Crippen LogP contribution in [0.2, 0.25) is 13.0 Å². The van der Waals surface area contributed by atoms with Crippen LogP contribution in [-0.2, 0) is 0 Å². The Morgan fingerprint density at radius 2 is 2.00 bits per heavy atom. The predicted octanol–water partition coefficient (Wildman–Crippen LogP) is -1.62. The van der Waals surface area contributed by atoms with Gasteiger partial charge in [0.05, 0.1) is 14.3 Å². The Balaban J connectivity index is 2.60. The maximum atomic E-state index is 5.09. The normalized spacial score (nSPS) is 7.22. The van der Waals surface area contributed by atoms with Gasteiger partial charge in [0.1, 0.15) is 0 Å². The van der Waals surface area contributed by atoms with E-state index in [-0.39, 0.29) is 0 Å². The van der Waals surface area contributed by atoms with E-state index in [0.717, 1.165) is 6.22 Å². The van der Waals surface area contributed by atoms with Crippen LogP contribution >= 0.6 is 0 Å². The molecule has 0 unspecified atom stereocenters. The standard InChI is InChI=1S/C2H5B7/c1-4-5-2-6-8-9-7-3/h2H2,1H3. The summed E-state index contributed by atoms with van der Waals surface area (Å²) in [5.41, 5.74) is 0. The topological polar surface area (TPSA) is 0 Å². The lowest BCUT2D eigenvalue weighted by Gasteiger charge is -1.90. The monoisotopic (exact) mass is 106 g/mol. The molecule has 0 bridgehead atoms.